The molecule has 0 saturated heterocycles. The topological polar surface area (TPSA) is 59.9 Å². The number of hydrogen-bond donors (Lipinski definition) is 0. The number of nitrogens with zero attached hydrogens (tertiary/aromatic N) is 2. The molecule has 0 aliphatic heterocycles. The molecule has 0 aliphatic rings. The highest BCUT2D eigenvalue weighted by molar-refractivity contribution is 9.10. The maximum absolute atomic E-state index is 12.1. The summed E-state index contributed by atoms with van der Waals surface area (Å²) in [6, 6.07) is 0. The van der Waals surface area contributed by atoms with Gasteiger partial charge < -0.3 is 0 Å². The smallest absolute Gasteiger partial charge is 0.188 e. The van der Waals surface area contributed by atoms with Gasteiger partial charge in [-0.15, -0.1) is 5.10 Å². The molecule has 10 heavy (non-hydrogen) atoms. The van der Waals surface area contributed by atoms with Gasteiger partial charge >= 0.3 is 10.2 Å². The molecule has 0 bridgehead atoms. The van der Waals surface area contributed by atoms with Crippen LogP contribution in [-0.4, -0.2) is 18.0 Å². The molecule has 0 radical (unpaired) electrons. The maximum Gasteiger partial charge on any atom is 0.346 e. The Bertz CT molecular complexity index is 333. The molecule has 0 fully saturated rings. The molecule has 1 aromatic rings. The normalized spacial score (nSPS) is 11.8. The van der Waals surface area contributed by atoms with Crippen LogP contribution in [0.5, 0.6) is 0 Å². The predicted molar refractivity (Wildman–Crippen MR) is 35.9 cm³/mol. The summed E-state index contributed by atoms with van der Waals surface area (Å²) in [4.78, 5) is 0. The van der Waals surface area contributed by atoms with Crippen molar-refractivity contribution in [3.63, 3.8) is 0 Å². The van der Waals surface area contributed by atoms with Crippen molar-refractivity contribution in [2.75, 3.05) is 0 Å². The highest BCUT2D eigenvalue weighted by Crippen LogP contribution is 2.23. The second kappa shape index (κ2) is 2.51. The van der Waals surface area contributed by atoms with Gasteiger partial charge in [0.2, 0.25) is 4.21 Å². The number of aromatic nitrogens is 2. The molecular formula is C2BrFN2O2S2. The van der Waals surface area contributed by atoms with E-state index in [1.54, 1.807) is 0 Å². The van der Waals surface area contributed by atoms with Crippen molar-refractivity contribution in [3.8, 4) is 0 Å². The fourth-order valence-electron chi connectivity index (χ4n) is 0.317. The van der Waals surface area contributed by atoms with E-state index >= 15 is 0 Å². The molecule has 0 aromatic carbocycles. The minimum absolute atomic E-state index is 0.0833. The van der Waals surface area contributed by atoms with Gasteiger partial charge in [0.25, 0.3) is 0 Å². The second-order valence-electron chi connectivity index (χ2n) is 1.29. The van der Waals surface area contributed by atoms with E-state index in [2.05, 4.69) is 25.5 Å². The Labute approximate surface area is 68.6 Å². The Balaban J connectivity index is 3.32. The monoisotopic (exact) mass is 246 g/mol. The first-order chi connectivity index (χ1) is 4.52. The summed E-state index contributed by atoms with van der Waals surface area (Å²) in [6.07, 6.45) is 0. The standard InChI is InChI=1S/C2BrFN2O2S2/c3-1-2(9-6-5-1)10(4,7)8. The lowest BCUT2D eigenvalue weighted by atomic mass is 11.0. The molecule has 56 valence electrons. The highest BCUT2D eigenvalue weighted by Gasteiger charge is 2.19. The maximum atomic E-state index is 12.1. The van der Waals surface area contributed by atoms with E-state index < -0.39 is 14.4 Å². The van der Waals surface area contributed by atoms with Gasteiger partial charge in [0.05, 0.1) is 0 Å². The van der Waals surface area contributed by atoms with Crippen LogP contribution in [0.15, 0.2) is 8.81 Å². The van der Waals surface area contributed by atoms with Gasteiger partial charge in [-0.2, -0.15) is 8.42 Å². The highest BCUT2D eigenvalue weighted by atomic mass is 79.9. The Morgan fingerprint density at radius 3 is 2.40 bits per heavy atom. The molecule has 1 heterocycles. The van der Waals surface area contributed by atoms with E-state index in [4.69, 9.17) is 0 Å². The minimum atomic E-state index is -4.64. The third-order valence-electron chi connectivity index (χ3n) is 0.642. The third kappa shape index (κ3) is 1.50. The molecule has 0 atom stereocenters. The van der Waals surface area contributed by atoms with Crippen molar-refractivity contribution in [1.29, 1.82) is 0 Å². The average Bonchev–Trinajstić information content (AvgIpc) is 2.11. The fourth-order valence-corrected chi connectivity index (χ4v) is 2.31. The van der Waals surface area contributed by atoms with E-state index in [1.165, 1.54) is 0 Å². The van der Waals surface area contributed by atoms with Crippen LogP contribution in [0, 0.1) is 0 Å². The quantitative estimate of drug-likeness (QED) is 0.693. The van der Waals surface area contributed by atoms with Crippen molar-refractivity contribution in [2.45, 2.75) is 4.21 Å². The van der Waals surface area contributed by atoms with Crippen LogP contribution in [0.1, 0.15) is 0 Å². The van der Waals surface area contributed by atoms with Crippen molar-refractivity contribution >= 4 is 37.7 Å². The molecule has 1 aromatic heterocycles. The molecule has 0 amide bonds. The summed E-state index contributed by atoms with van der Waals surface area (Å²) in [5.74, 6) is 0. The van der Waals surface area contributed by atoms with Crippen LogP contribution in [0.3, 0.4) is 0 Å². The lowest BCUT2D eigenvalue weighted by Crippen LogP contribution is -1.87. The SMILES string of the molecule is O=S(=O)(F)c1snnc1Br. The molecule has 0 aliphatic carbocycles. The summed E-state index contributed by atoms with van der Waals surface area (Å²) in [5.41, 5.74) is 0. The Morgan fingerprint density at radius 1 is 1.60 bits per heavy atom. The molecule has 1 rings (SSSR count). The van der Waals surface area contributed by atoms with E-state index in [-0.39, 0.29) is 4.60 Å². The van der Waals surface area contributed by atoms with Gasteiger partial charge in [0.1, 0.15) is 0 Å². The van der Waals surface area contributed by atoms with Gasteiger partial charge in [-0.3, -0.25) is 0 Å². The average molecular weight is 247 g/mol. The van der Waals surface area contributed by atoms with E-state index in [0.29, 0.717) is 11.5 Å². The first-order valence-corrected chi connectivity index (χ1v) is 4.89. The van der Waals surface area contributed by atoms with Crippen LogP contribution in [0.25, 0.3) is 0 Å². The molecular weight excluding hydrogens is 247 g/mol. The molecule has 8 heteroatoms. The van der Waals surface area contributed by atoms with Crippen LogP contribution in [0.2, 0.25) is 0 Å². The molecule has 0 N–H and O–H groups in total. The molecule has 0 spiro atoms. The zero-order chi connectivity index (χ0) is 7.78. The summed E-state index contributed by atoms with van der Waals surface area (Å²) in [7, 11) is -4.64. The van der Waals surface area contributed by atoms with Crippen molar-refractivity contribution in [2.24, 2.45) is 0 Å². The fraction of sp³-hybridized carbons (Fsp3) is 0. The molecule has 4 nitrogen and oxygen atoms in total. The number of rotatable bonds is 1. The number of hydrogen-bond acceptors (Lipinski definition) is 5. The van der Waals surface area contributed by atoms with Crippen molar-refractivity contribution in [1.82, 2.24) is 9.59 Å². The summed E-state index contributed by atoms with van der Waals surface area (Å²) in [5, 5.41) is 3.25. The van der Waals surface area contributed by atoms with Gasteiger partial charge in [-0.05, 0) is 15.9 Å². The van der Waals surface area contributed by atoms with Gasteiger partial charge in [0.15, 0.2) is 4.60 Å². The van der Waals surface area contributed by atoms with E-state index in [0.717, 1.165) is 0 Å². The van der Waals surface area contributed by atoms with Gasteiger partial charge in [0, 0.05) is 11.5 Å². The Hall–Kier alpha value is -0.0800. The molecule has 0 saturated carbocycles. The van der Waals surface area contributed by atoms with Crippen LogP contribution < -0.4 is 0 Å². The van der Waals surface area contributed by atoms with E-state index in [1.807, 2.05) is 0 Å². The first kappa shape index (κ1) is 8.02. The van der Waals surface area contributed by atoms with Crippen LogP contribution in [-0.2, 0) is 10.2 Å². The lowest BCUT2D eigenvalue weighted by molar-refractivity contribution is 0.554. The predicted octanol–water partition coefficient (Wildman–Crippen LogP) is 0.959. The van der Waals surface area contributed by atoms with E-state index in [9.17, 15) is 12.3 Å². The first-order valence-electron chi connectivity index (χ1n) is 1.94. The van der Waals surface area contributed by atoms with Crippen LogP contribution >= 0.6 is 27.5 Å². The van der Waals surface area contributed by atoms with Crippen molar-refractivity contribution in [3.05, 3.63) is 4.60 Å². The summed E-state index contributed by atoms with van der Waals surface area (Å²) >= 11 is 3.21. The molecule has 0 unspecified atom stereocenters. The second-order valence-corrected chi connectivity index (χ2v) is 4.34. The lowest BCUT2D eigenvalue weighted by Gasteiger charge is -1.82. The summed E-state index contributed by atoms with van der Waals surface area (Å²) < 4.78 is 35.0. The number of halogens is 2. The zero-order valence-electron chi connectivity index (χ0n) is 4.28. The van der Waals surface area contributed by atoms with Crippen molar-refractivity contribution < 1.29 is 12.3 Å². The van der Waals surface area contributed by atoms with Gasteiger partial charge in [-0.25, -0.2) is 0 Å². The minimum Gasteiger partial charge on any atom is -0.188 e. The Morgan fingerprint density at radius 2 is 2.20 bits per heavy atom. The van der Waals surface area contributed by atoms with Crippen LogP contribution in [0.4, 0.5) is 3.89 Å². The Kier molecular flexibility index (Phi) is 2.02. The summed E-state index contributed by atoms with van der Waals surface area (Å²) in [6.45, 7) is 0. The largest absolute Gasteiger partial charge is 0.346 e. The zero-order valence-corrected chi connectivity index (χ0v) is 7.50. The van der Waals surface area contributed by atoms with Gasteiger partial charge in [-0.1, -0.05) is 8.37 Å². The third-order valence-corrected chi connectivity index (χ3v) is 3.70.